The van der Waals surface area contributed by atoms with Gasteiger partial charge in [-0.2, -0.15) is 0 Å². The van der Waals surface area contributed by atoms with Crippen LogP contribution in [0.1, 0.15) is 19.8 Å². The molecule has 98 valence electrons. The molecule has 0 heterocycles. The molecule has 0 unspecified atom stereocenters. The van der Waals surface area contributed by atoms with E-state index >= 15 is 0 Å². The molecule has 0 bridgehead atoms. The number of halogens is 2. The van der Waals surface area contributed by atoms with Gasteiger partial charge in [-0.15, -0.1) is 12.4 Å². The fraction of sp³-hybridized carbons (Fsp3) is 0.400. The van der Waals surface area contributed by atoms with E-state index in [4.69, 9.17) is 17.3 Å². The van der Waals surface area contributed by atoms with Crippen molar-refractivity contribution in [3.63, 3.8) is 0 Å². The fourth-order valence-electron chi connectivity index (χ4n) is 1.17. The molecule has 0 aliphatic carbocycles. The molecule has 0 radical (unpaired) electrons. The van der Waals surface area contributed by atoms with Crippen LogP contribution in [-0.4, -0.2) is 14.2 Å². The average molecular weight is 299 g/mol. The molecule has 0 spiro atoms. The van der Waals surface area contributed by atoms with Gasteiger partial charge in [-0.05, 0) is 24.6 Å². The molecule has 0 atom stereocenters. The lowest BCUT2D eigenvalue weighted by Crippen LogP contribution is -2.16. The highest BCUT2D eigenvalue weighted by atomic mass is 35.5. The number of nitrogen functional groups attached to an aromatic ring is 1. The number of anilines is 2. The second-order valence-corrected chi connectivity index (χ2v) is 5.76. The quantitative estimate of drug-likeness (QED) is 0.821. The zero-order valence-electron chi connectivity index (χ0n) is 9.44. The van der Waals surface area contributed by atoms with Crippen molar-refractivity contribution >= 4 is 45.4 Å². The summed E-state index contributed by atoms with van der Waals surface area (Å²) in [4.78, 5) is 0. The van der Waals surface area contributed by atoms with Gasteiger partial charge in [-0.1, -0.05) is 24.9 Å². The van der Waals surface area contributed by atoms with Gasteiger partial charge in [-0.3, -0.25) is 4.72 Å². The Labute approximate surface area is 113 Å². The third kappa shape index (κ3) is 5.48. The van der Waals surface area contributed by atoms with E-state index in [1.807, 2.05) is 6.92 Å². The molecule has 0 aromatic heterocycles. The zero-order chi connectivity index (χ0) is 12.2. The summed E-state index contributed by atoms with van der Waals surface area (Å²) in [6, 6.07) is 4.66. The van der Waals surface area contributed by atoms with E-state index in [0.29, 0.717) is 22.8 Å². The number of hydrogen-bond donors (Lipinski definition) is 2. The van der Waals surface area contributed by atoms with Crippen LogP contribution in [0, 0.1) is 0 Å². The van der Waals surface area contributed by atoms with E-state index in [2.05, 4.69) is 4.72 Å². The molecule has 4 nitrogen and oxygen atoms in total. The largest absolute Gasteiger partial charge is 0.397 e. The van der Waals surface area contributed by atoms with Crippen LogP contribution in [0.2, 0.25) is 5.02 Å². The van der Waals surface area contributed by atoms with Crippen LogP contribution in [0.5, 0.6) is 0 Å². The molecule has 1 aromatic carbocycles. The lowest BCUT2D eigenvalue weighted by molar-refractivity contribution is 0.598. The molecule has 0 saturated carbocycles. The lowest BCUT2D eigenvalue weighted by Gasteiger charge is -2.08. The molecule has 0 saturated heterocycles. The van der Waals surface area contributed by atoms with Gasteiger partial charge in [-0.25, -0.2) is 8.42 Å². The first kappa shape index (κ1) is 16.4. The van der Waals surface area contributed by atoms with Crippen molar-refractivity contribution in [1.29, 1.82) is 0 Å². The standard InChI is InChI=1S/C10H15ClN2O2S.ClH/c1-2-3-6-16(14,15)13-8-4-5-9(11)10(12)7-8;/h4-5,7,13H,2-3,6,12H2,1H3;1H. The van der Waals surface area contributed by atoms with E-state index in [1.54, 1.807) is 12.1 Å². The van der Waals surface area contributed by atoms with Gasteiger partial charge in [0.25, 0.3) is 0 Å². The molecular weight excluding hydrogens is 283 g/mol. The van der Waals surface area contributed by atoms with Crippen molar-refractivity contribution in [1.82, 2.24) is 0 Å². The van der Waals surface area contributed by atoms with Crippen LogP contribution in [0.4, 0.5) is 11.4 Å². The van der Waals surface area contributed by atoms with E-state index in [1.165, 1.54) is 6.07 Å². The van der Waals surface area contributed by atoms with Crippen molar-refractivity contribution in [3.8, 4) is 0 Å². The van der Waals surface area contributed by atoms with Gasteiger partial charge >= 0.3 is 0 Å². The van der Waals surface area contributed by atoms with Crippen molar-refractivity contribution < 1.29 is 8.42 Å². The van der Waals surface area contributed by atoms with E-state index in [-0.39, 0.29) is 18.2 Å². The van der Waals surface area contributed by atoms with Crippen LogP contribution in [0.15, 0.2) is 18.2 Å². The first-order chi connectivity index (χ1) is 7.44. The molecule has 7 heteroatoms. The fourth-order valence-corrected chi connectivity index (χ4v) is 2.55. The average Bonchev–Trinajstić information content (AvgIpc) is 2.20. The number of nitrogens with two attached hydrogens (primary N) is 1. The first-order valence-corrected chi connectivity index (χ1v) is 7.03. The Kier molecular flexibility index (Phi) is 6.67. The van der Waals surface area contributed by atoms with Gasteiger partial charge in [0.15, 0.2) is 0 Å². The lowest BCUT2D eigenvalue weighted by atomic mass is 10.3. The number of rotatable bonds is 5. The van der Waals surface area contributed by atoms with Crippen LogP contribution in [0.25, 0.3) is 0 Å². The Morgan fingerprint density at radius 2 is 2.06 bits per heavy atom. The van der Waals surface area contributed by atoms with Gasteiger partial charge in [0, 0.05) is 0 Å². The van der Waals surface area contributed by atoms with Crippen molar-refractivity contribution in [2.45, 2.75) is 19.8 Å². The molecule has 1 aromatic rings. The number of benzene rings is 1. The highest BCUT2D eigenvalue weighted by Gasteiger charge is 2.09. The molecule has 17 heavy (non-hydrogen) atoms. The van der Waals surface area contributed by atoms with Crippen molar-refractivity contribution in [2.24, 2.45) is 0 Å². The smallest absolute Gasteiger partial charge is 0.232 e. The number of unbranched alkanes of at least 4 members (excludes halogenated alkanes) is 1. The topological polar surface area (TPSA) is 72.2 Å². The van der Waals surface area contributed by atoms with Crippen molar-refractivity contribution in [2.75, 3.05) is 16.2 Å². The minimum absolute atomic E-state index is 0. The predicted octanol–water partition coefficient (Wildman–Crippen LogP) is 2.89. The Balaban J connectivity index is 0.00000256. The van der Waals surface area contributed by atoms with Crippen molar-refractivity contribution in [3.05, 3.63) is 23.2 Å². The summed E-state index contributed by atoms with van der Waals surface area (Å²) in [6.45, 7) is 1.94. The summed E-state index contributed by atoms with van der Waals surface area (Å²) in [5, 5.41) is 0.413. The second-order valence-electron chi connectivity index (χ2n) is 3.51. The molecule has 0 amide bonds. The summed E-state index contributed by atoms with van der Waals surface area (Å²) in [5.41, 5.74) is 6.37. The molecule has 0 aliphatic rings. The monoisotopic (exact) mass is 298 g/mol. The minimum atomic E-state index is -3.28. The molecular formula is C10H16Cl2N2O2S. The van der Waals surface area contributed by atoms with Gasteiger partial charge in [0.2, 0.25) is 10.0 Å². The zero-order valence-corrected chi connectivity index (χ0v) is 11.8. The summed E-state index contributed by atoms with van der Waals surface area (Å²) in [5.74, 6) is 0.117. The summed E-state index contributed by atoms with van der Waals surface area (Å²) in [6.07, 6.45) is 1.47. The van der Waals surface area contributed by atoms with E-state index in [9.17, 15) is 8.42 Å². The SMILES string of the molecule is CCCCS(=O)(=O)Nc1ccc(Cl)c(N)c1.Cl. The highest BCUT2D eigenvalue weighted by molar-refractivity contribution is 7.92. The summed E-state index contributed by atoms with van der Waals surface area (Å²) >= 11 is 5.73. The van der Waals surface area contributed by atoms with E-state index < -0.39 is 10.0 Å². The van der Waals surface area contributed by atoms with Crippen LogP contribution >= 0.6 is 24.0 Å². The minimum Gasteiger partial charge on any atom is -0.397 e. The number of sulfonamides is 1. The van der Waals surface area contributed by atoms with Gasteiger partial charge < -0.3 is 5.73 Å². The van der Waals surface area contributed by atoms with Gasteiger partial charge in [0.05, 0.1) is 22.2 Å². The molecule has 0 fully saturated rings. The highest BCUT2D eigenvalue weighted by Crippen LogP contribution is 2.23. The predicted molar refractivity (Wildman–Crippen MR) is 75.4 cm³/mol. The Bertz CT molecular complexity index is 463. The summed E-state index contributed by atoms with van der Waals surface area (Å²) in [7, 11) is -3.28. The van der Waals surface area contributed by atoms with Gasteiger partial charge in [0.1, 0.15) is 0 Å². The van der Waals surface area contributed by atoms with Crippen LogP contribution < -0.4 is 10.5 Å². The Hall–Kier alpha value is -0.650. The maximum absolute atomic E-state index is 11.6. The third-order valence-corrected chi connectivity index (χ3v) is 3.75. The van der Waals surface area contributed by atoms with Crippen LogP contribution in [0.3, 0.4) is 0 Å². The van der Waals surface area contributed by atoms with Crippen LogP contribution in [-0.2, 0) is 10.0 Å². The Morgan fingerprint density at radius 1 is 1.41 bits per heavy atom. The maximum atomic E-state index is 11.6. The second kappa shape index (κ2) is 6.93. The number of hydrogen-bond acceptors (Lipinski definition) is 3. The first-order valence-electron chi connectivity index (χ1n) is 5.00. The van der Waals surface area contributed by atoms with E-state index in [0.717, 1.165) is 6.42 Å². The molecule has 3 N–H and O–H groups in total. The normalized spacial score (nSPS) is 10.7. The maximum Gasteiger partial charge on any atom is 0.232 e. The molecule has 1 rings (SSSR count). The Morgan fingerprint density at radius 3 is 2.59 bits per heavy atom. The third-order valence-electron chi connectivity index (χ3n) is 2.04. The summed E-state index contributed by atoms with van der Waals surface area (Å²) < 4.78 is 25.6. The molecule has 0 aliphatic heterocycles. The number of nitrogens with one attached hydrogen (secondary N) is 1.